The lowest BCUT2D eigenvalue weighted by Crippen LogP contribution is -2.37. The van der Waals surface area contributed by atoms with Gasteiger partial charge in [-0.3, -0.25) is 9.59 Å². The van der Waals surface area contributed by atoms with Crippen molar-refractivity contribution >= 4 is 88.2 Å². The van der Waals surface area contributed by atoms with E-state index in [0.717, 1.165) is 27.8 Å². The van der Waals surface area contributed by atoms with Crippen molar-refractivity contribution in [3.8, 4) is 5.75 Å². The number of hydrogen-bond donors (Lipinski definition) is 1. The van der Waals surface area contributed by atoms with Crippen molar-refractivity contribution in [3.05, 3.63) is 99.7 Å². The minimum Gasteiger partial charge on any atom is -0.487 e. The van der Waals surface area contributed by atoms with Gasteiger partial charge >= 0.3 is 0 Å². The first kappa shape index (κ1) is 34.7. The normalized spacial score (nSPS) is 10.5. The van der Waals surface area contributed by atoms with Crippen LogP contribution in [0.4, 0.5) is 11.4 Å². The fraction of sp³-hybridized carbons (Fsp3) is 0.194. The number of likely N-dealkylation sites (N-methyl/N-ethyl adjacent to an activating group) is 1. The lowest BCUT2D eigenvalue weighted by molar-refractivity contribution is -0.122. The highest BCUT2D eigenvalue weighted by molar-refractivity contribution is 6.38. The first-order chi connectivity index (χ1) is 19.1. The summed E-state index contributed by atoms with van der Waals surface area (Å²) in [6.45, 7) is 1.80. The van der Waals surface area contributed by atoms with E-state index in [0.29, 0.717) is 27.0 Å². The number of ether oxygens (including phenoxy) is 1. The van der Waals surface area contributed by atoms with Crippen LogP contribution in [0.15, 0.2) is 72.8 Å². The largest absolute Gasteiger partial charge is 0.487 e. The Morgan fingerprint density at radius 3 is 2.36 bits per heavy atom. The maximum Gasteiger partial charge on any atom is 0.246 e. The average Bonchev–Trinajstić information content (AvgIpc) is 2.94. The van der Waals surface area contributed by atoms with E-state index in [1.165, 1.54) is 11.0 Å². The summed E-state index contributed by atoms with van der Waals surface area (Å²) in [6.07, 6.45) is 3.09. The molecule has 0 radical (unpaired) electrons. The summed E-state index contributed by atoms with van der Waals surface area (Å²) in [5.41, 5.74) is 4.55. The lowest BCUT2D eigenvalue weighted by Gasteiger charge is -2.21. The van der Waals surface area contributed by atoms with Gasteiger partial charge in [0.1, 0.15) is 17.9 Å². The van der Waals surface area contributed by atoms with Crippen LogP contribution in [-0.4, -0.2) is 44.5 Å². The van der Waals surface area contributed by atoms with Crippen LogP contribution in [0, 0.1) is 6.92 Å². The second-order valence-corrected chi connectivity index (χ2v) is 10.2. The lowest BCUT2D eigenvalue weighted by atomic mass is 10.1. The Morgan fingerprint density at radius 1 is 0.952 bits per heavy atom. The number of para-hydroxylation sites is 1. The summed E-state index contributed by atoms with van der Waals surface area (Å²) in [6, 6.07) is 20.7. The number of pyridine rings is 1. The van der Waals surface area contributed by atoms with Crippen LogP contribution in [0.5, 0.6) is 5.75 Å². The first-order valence-electron chi connectivity index (χ1n) is 12.6. The Bertz CT molecular complexity index is 1580. The number of carbonyl (C=O) groups is 2. The van der Waals surface area contributed by atoms with Gasteiger partial charge in [0.25, 0.3) is 0 Å². The molecule has 11 heteroatoms. The Labute approximate surface area is 268 Å². The Kier molecular flexibility index (Phi) is 12.9. The zero-order valence-corrected chi connectivity index (χ0v) is 26.7. The third-order valence-electron chi connectivity index (χ3n) is 6.35. The molecule has 1 N–H and O–H groups in total. The Hall–Kier alpha value is -3.49. The third kappa shape index (κ3) is 8.52. The molecule has 0 atom stereocenters. The highest BCUT2D eigenvalue weighted by Gasteiger charge is 2.19. The SMILES string of the molecule is Cc1ccc2cccc(OCc3c(Cl)ccc(N(C)C(=O)CNC(=O)C=Cc4ccc(N(C)C)cc4)c3Cl)c2n1.Cl.Cl. The number of anilines is 2. The molecule has 0 saturated heterocycles. The molecule has 42 heavy (non-hydrogen) atoms. The number of nitrogens with one attached hydrogen (secondary N) is 1. The number of hydrogen-bond acceptors (Lipinski definition) is 5. The molecule has 0 fully saturated rings. The zero-order chi connectivity index (χ0) is 28.8. The number of carbonyl (C=O) groups excluding carboxylic acids is 2. The summed E-state index contributed by atoms with van der Waals surface area (Å²) in [5.74, 6) is -0.122. The van der Waals surface area contributed by atoms with Gasteiger partial charge < -0.3 is 19.9 Å². The van der Waals surface area contributed by atoms with Gasteiger partial charge in [-0.25, -0.2) is 4.98 Å². The van der Waals surface area contributed by atoms with Crippen molar-refractivity contribution < 1.29 is 14.3 Å². The topological polar surface area (TPSA) is 74.8 Å². The molecular weight excluding hydrogens is 618 g/mol. The molecule has 3 aromatic carbocycles. The number of nitrogens with zero attached hydrogens (tertiary/aromatic N) is 3. The maximum absolute atomic E-state index is 12.9. The minimum atomic E-state index is -0.381. The molecule has 4 aromatic rings. The Morgan fingerprint density at radius 2 is 1.67 bits per heavy atom. The molecule has 4 rings (SSSR count). The van der Waals surface area contributed by atoms with E-state index in [1.54, 1.807) is 25.3 Å². The van der Waals surface area contributed by atoms with Gasteiger partial charge in [-0.15, -0.1) is 24.8 Å². The molecule has 7 nitrogen and oxygen atoms in total. The van der Waals surface area contributed by atoms with Gasteiger partial charge in [0.2, 0.25) is 11.8 Å². The fourth-order valence-corrected chi connectivity index (χ4v) is 4.60. The highest BCUT2D eigenvalue weighted by Crippen LogP contribution is 2.35. The number of halogens is 4. The molecule has 0 aliphatic rings. The molecule has 0 spiro atoms. The number of amides is 2. The van der Waals surface area contributed by atoms with Gasteiger partial charge in [-0.05, 0) is 55.0 Å². The van der Waals surface area contributed by atoms with Crippen LogP contribution in [0.2, 0.25) is 10.0 Å². The highest BCUT2D eigenvalue weighted by atomic mass is 35.5. The monoisotopic (exact) mass is 648 g/mol. The summed E-state index contributed by atoms with van der Waals surface area (Å²) in [7, 11) is 5.51. The van der Waals surface area contributed by atoms with E-state index in [-0.39, 0.29) is 49.8 Å². The molecule has 2 amide bonds. The predicted octanol–water partition coefficient (Wildman–Crippen LogP) is 7.13. The molecular formula is C31H32Cl4N4O3. The Balaban J connectivity index is 0.00000308. The van der Waals surface area contributed by atoms with Crippen LogP contribution in [0.25, 0.3) is 17.0 Å². The van der Waals surface area contributed by atoms with E-state index < -0.39 is 0 Å². The second-order valence-electron chi connectivity index (χ2n) is 9.42. The van der Waals surface area contributed by atoms with E-state index in [4.69, 9.17) is 27.9 Å². The molecule has 0 unspecified atom stereocenters. The van der Waals surface area contributed by atoms with E-state index in [2.05, 4.69) is 10.3 Å². The molecule has 1 aromatic heterocycles. The molecule has 0 aliphatic heterocycles. The third-order valence-corrected chi connectivity index (χ3v) is 7.12. The van der Waals surface area contributed by atoms with Crippen LogP contribution >= 0.6 is 48.0 Å². The van der Waals surface area contributed by atoms with Crippen molar-refractivity contribution in [1.82, 2.24) is 10.3 Å². The smallest absolute Gasteiger partial charge is 0.246 e. The summed E-state index contributed by atoms with van der Waals surface area (Å²) >= 11 is 13.2. The van der Waals surface area contributed by atoms with Crippen molar-refractivity contribution in [1.29, 1.82) is 0 Å². The summed E-state index contributed by atoms with van der Waals surface area (Å²) in [5, 5.41) is 4.28. The van der Waals surface area contributed by atoms with Crippen molar-refractivity contribution in [2.24, 2.45) is 0 Å². The minimum absolute atomic E-state index is 0. The molecule has 0 aliphatic carbocycles. The van der Waals surface area contributed by atoms with Crippen LogP contribution in [0.1, 0.15) is 16.8 Å². The first-order valence-corrected chi connectivity index (χ1v) is 13.4. The average molecular weight is 650 g/mol. The van der Waals surface area contributed by atoms with Crippen LogP contribution in [-0.2, 0) is 16.2 Å². The molecule has 0 bridgehead atoms. The molecule has 222 valence electrons. The quantitative estimate of drug-likeness (QED) is 0.195. The van der Waals surface area contributed by atoms with Gasteiger partial charge in [-0.1, -0.05) is 53.5 Å². The van der Waals surface area contributed by atoms with Crippen LogP contribution in [0.3, 0.4) is 0 Å². The summed E-state index contributed by atoms with van der Waals surface area (Å²) < 4.78 is 6.08. The van der Waals surface area contributed by atoms with Crippen molar-refractivity contribution in [2.45, 2.75) is 13.5 Å². The molecule has 0 saturated carbocycles. The van der Waals surface area contributed by atoms with Gasteiger partial charge in [0, 0.05) is 54.6 Å². The van der Waals surface area contributed by atoms with Crippen LogP contribution < -0.4 is 19.9 Å². The van der Waals surface area contributed by atoms with E-state index >= 15 is 0 Å². The maximum atomic E-state index is 12.9. The molecule has 1 heterocycles. The summed E-state index contributed by atoms with van der Waals surface area (Å²) in [4.78, 5) is 33.2. The second kappa shape index (κ2) is 15.7. The number of aryl methyl sites for hydroxylation is 1. The fourth-order valence-electron chi connectivity index (χ4n) is 3.99. The van der Waals surface area contributed by atoms with Gasteiger partial charge in [0.15, 0.2) is 0 Å². The van der Waals surface area contributed by atoms with Crippen molar-refractivity contribution in [3.63, 3.8) is 0 Å². The number of rotatable bonds is 9. The number of fused-ring (bicyclic) bond motifs is 1. The van der Waals surface area contributed by atoms with E-state index in [9.17, 15) is 9.59 Å². The van der Waals surface area contributed by atoms with E-state index in [1.807, 2.05) is 80.5 Å². The standard InChI is InChI=1S/C31H30Cl2N4O3.2ClH/c1-20-8-12-22-6-5-7-27(31(22)35-20)40-19-24-25(32)15-16-26(30(24)33)37(4)29(39)18-34-28(38)17-11-21-9-13-23(14-10-21)36(2)3;;/h5-17H,18-19H2,1-4H3,(H,34,38);2*1H. The van der Waals surface area contributed by atoms with Gasteiger partial charge in [0.05, 0.1) is 17.3 Å². The predicted molar refractivity (Wildman–Crippen MR) is 178 cm³/mol. The van der Waals surface area contributed by atoms with Gasteiger partial charge in [-0.2, -0.15) is 0 Å². The van der Waals surface area contributed by atoms with Crippen molar-refractivity contribution in [2.75, 3.05) is 37.5 Å². The zero-order valence-electron chi connectivity index (χ0n) is 23.6. The number of benzene rings is 3. The number of aromatic nitrogens is 1.